The quantitative estimate of drug-likeness (QED) is 0.772. The van der Waals surface area contributed by atoms with Gasteiger partial charge in [-0.25, -0.2) is 0 Å². The summed E-state index contributed by atoms with van der Waals surface area (Å²) in [6.07, 6.45) is 10.4. The lowest BCUT2D eigenvalue weighted by Crippen LogP contribution is -2.37. The number of nitrogens with two attached hydrogens (primary N) is 2. The van der Waals surface area contributed by atoms with Crippen molar-refractivity contribution in [1.82, 2.24) is 0 Å². The van der Waals surface area contributed by atoms with Gasteiger partial charge in [0.1, 0.15) is 0 Å². The molecule has 6 heteroatoms. The predicted molar refractivity (Wildman–Crippen MR) is 90.1 cm³/mol. The average molecular weight is 333 g/mol. The van der Waals surface area contributed by atoms with E-state index in [9.17, 15) is 0 Å². The van der Waals surface area contributed by atoms with Crippen molar-refractivity contribution in [3.8, 4) is 0 Å². The molecule has 0 aromatic carbocycles. The van der Waals surface area contributed by atoms with Crippen LogP contribution in [0, 0.1) is 0 Å². The molecular weight excluding hydrogens is 307 g/mol. The molecular formula is C12H26Cl2N2S2. The second-order valence-corrected chi connectivity index (χ2v) is 7.92. The van der Waals surface area contributed by atoms with Crippen molar-refractivity contribution in [3.63, 3.8) is 0 Å². The van der Waals surface area contributed by atoms with E-state index < -0.39 is 0 Å². The topological polar surface area (TPSA) is 52.0 Å². The molecule has 0 amide bonds. The van der Waals surface area contributed by atoms with Crippen LogP contribution < -0.4 is 11.5 Å². The summed E-state index contributed by atoms with van der Waals surface area (Å²) in [4.78, 5) is 0. The maximum Gasteiger partial charge on any atom is 0.0302 e. The van der Waals surface area contributed by atoms with Crippen LogP contribution in [0.25, 0.3) is 0 Å². The fraction of sp³-hybridized carbons (Fsp3) is 1.00. The van der Waals surface area contributed by atoms with E-state index in [1.807, 2.05) is 21.6 Å². The monoisotopic (exact) mass is 332 g/mol. The Bertz CT molecular complexity index is 200. The summed E-state index contributed by atoms with van der Waals surface area (Å²) in [7, 11) is 4.05. The van der Waals surface area contributed by atoms with Gasteiger partial charge in [-0.2, -0.15) is 0 Å². The molecule has 0 aromatic heterocycles. The van der Waals surface area contributed by atoms with Crippen LogP contribution in [-0.4, -0.2) is 22.6 Å². The smallest absolute Gasteiger partial charge is 0.0302 e. The second-order valence-electron chi connectivity index (χ2n) is 5.17. The zero-order valence-electron chi connectivity index (χ0n) is 10.8. The van der Waals surface area contributed by atoms with E-state index in [0.29, 0.717) is 22.6 Å². The Hall–Kier alpha value is 1.20. The molecule has 2 nitrogen and oxygen atoms in total. The summed E-state index contributed by atoms with van der Waals surface area (Å²) in [6, 6.07) is 0.845. The summed E-state index contributed by atoms with van der Waals surface area (Å²) < 4.78 is 0. The molecule has 0 bridgehead atoms. The number of halogens is 2. The average Bonchev–Trinajstić information content (AvgIpc) is 2.30. The molecule has 2 rings (SSSR count). The van der Waals surface area contributed by atoms with E-state index in [-0.39, 0.29) is 24.8 Å². The van der Waals surface area contributed by atoms with E-state index in [2.05, 4.69) is 0 Å². The third-order valence-corrected chi connectivity index (χ3v) is 7.40. The Balaban J connectivity index is 0.00000144. The third kappa shape index (κ3) is 5.68. The first-order valence-corrected chi connectivity index (χ1v) is 8.88. The maximum atomic E-state index is 6.16. The molecule has 0 saturated heterocycles. The molecule has 2 fully saturated rings. The normalized spacial score (nSPS) is 36.3. The largest absolute Gasteiger partial charge is 0.327 e. The Morgan fingerprint density at radius 1 is 0.611 bits per heavy atom. The van der Waals surface area contributed by atoms with Crippen molar-refractivity contribution >= 4 is 46.4 Å². The van der Waals surface area contributed by atoms with Crippen LogP contribution in [0.4, 0.5) is 0 Å². The van der Waals surface area contributed by atoms with Crippen LogP contribution in [0.3, 0.4) is 0 Å². The van der Waals surface area contributed by atoms with Gasteiger partial charge in [-0.05, 0) is 25.7 Å². The van der Waals surface area contributed by atoms with Crippen LogP contribution in [0.2, 0.25) is 0 Å². The molecule has 4 atom stereocenters. The molecule has 0 heterocycles. The predicted octanol–water partition coefficient (Wildman–Crippen LogP) is 3.75. The highest BCUT2D eigenvalue weighted by Crippen LogP contribution is 2.41. The number of hydrogen-bond acceptors (Lipinski definition) is 4. The highest BCUT2D eigenvalue weighted by molar-refractivity contribution is 8.77. The van der Waals surface area contributed by atoms with E-state index in [1.165, 1.54) is 51.4 Å². The molecule has 110 valence electrons. The van der Waals surface area contributed by atoms with E-state index in [1.54, 1.807) is 0 Å². The fourth-order valence-corrected chi connectivity index (χ4v) is 6.29. The SMILES string of the molecule is Cl.Cl.N[C@@H]1CCCC[C@H]1SS[C@H]1CCCC[C@@H]1N. The first kappa shape index (κ1) is 19.2. The number of hydrogen-bond donors (Lipinski definition) is 2. The van der Waals surface area contributed by atoms with Gasteiger partial charge in [-0.1, -0.05) is 47.3 Å². The van der Waals surface area contributed by atoms with Gasteiger partial charge in [0.15, 0.2) is 0 Å². The summed E-state index contributed by atoms with van der Waals surface area (Å²) in [5.74, 6) is 0. The van der Waals surface area contributed by atoms with Crippen molar-refractivity contribution in [1.29, 1.82) is 0 Å². The number of rotatable bonds is 3. The van der Waals surface area contributed by atoms with Crippen LogP contribution in [0.1, 0.15) is 51.4 Å². The third-order valence-electron chi connectivity index (χ3n) is 3.81. The molecule has 18 heavy (non-hydrogen) atoms. The van der Waals surface area contributed by atoms with Gasteiger partial charge in [0, 0.05) is 22.6 Å². The van der Waals surface area contributed by atoms with Gasteiger partial charge < -0.3 is 11.5 Å². The van der Waals surface area contributed by atoms with E-state index in [0.717, 1.165) is 0 Å². The molecule has 2 saturated carbocycles. The molecule has 2 aliphatic carbocycles. The minimum atomic E-state index is 0. The van der Waals surface area contributed by atoms with Gasteiger partial charge in [-0.15, -0.1) is 24.8 Å². The standard InChI is InChI=1S/C12H24N2S2.2ClH/c13-9-5-1-3-7-11(9)15-16-12-8-4-2-6-10(12)14;;/h9-12H,1-8,13-14H2;2*1H/t9-,10+,11-,12+;;. The van der Waals surface area contributed by atoms with Crippen molar-refractivity contribution in [2.24, 2.45) is 11.5 Å². The minimum absolute atomic E-state index is 0. The highest BCUT2D eigenvalue weighted by atomic mass is 35.5. The second kappa shape index (κ2) is 10.0. The first-order valence-electron chi connectivity index (χ1n) is 6.60. The molecule has 0 aliphatic heterocycles. The lowest BCUT2D eigenvalue weighted by Gasteiger charge is -2.32. The van der Waals surface area contributed by atoms with Crippen LogP contribution in [0.5, 0.6) is 0 Å². The Labute approximate surface area is 131 Å². The summed E-state index contributed by atoms with van der Waals surface area (Å²) in [6.45, 7) is 0. The minimum Gasteiger partial charge on any atom is -0.327 e. The van der Waals surface area contributed by atoms with Crippen LogP contribution in [-0.2, 0) is 0 Å². The van der Waals surface area contributed by atoms with Crippen LogP contribution >= 0.6 is 46.4 Å². The summed E-state index contributed by atoms with van der Waals surface area (Å²) in [5, 5.41) is 1.35. The van der Waals surface area contributed by atoms with E-state index >= 15 is 0 Å². The summed E-state index contributed by atoms with van der Waals surface area (Å²) >= 11 is 0. The molecule has 0 unspecified atom stereocenters. The van der Waals surface area contributed by atoms with E-state index in [4.69, 9.17) is 11.5 Å². The van der Waals surface area contributed by atoms with Gasteiger partial charge in [0.05, 0.1) is 0 Å². The van der Waals surface area contributed by atoms with Crippen molar-refractivity contribution in [3.05, 3.63) is 0 Å². The Morgan fingerprint density at radius 3 is 1.28 bits per heavy atom. The lowest BCUT2D eigenvalue weighted by atomic mass is 9.96. The zero-order valence-corrected chi connectivity index (χ0v) is 14.0. The molecule has 0 aromatic rings. The first-order chi connectivity index (χ1) is 7.77. The van der Waals surface area contributed by atoms with Gasteiger partial charge in [0.25, 0.3) is 0 Å². The van der Waals surface area contributed by atoms with Crippen LogP contribution in [0.15, 0.2) is 0 Å². The Kier molecular flexibility index (Phi) is 10.7. The molecule has 0 spiro atoms. The molecule has 0 radical (unpaired) electrons. The van der Waals surface area contributed by atoms with Crippen molar-refractivity contribution < 1.29 is 0 Å². The zero-order chi connectivity index (χ0) is 11.4. The molecule has 2 aliphatic rings. The van der Waals surface area contributed by atoms with Gasteiger partial charge in [-0.3, -0.25) is 0 Å². The van der Waals surface area contributed by atoms with Crippen molar-refractivity contribution in [2.75, 3.05) is 0 Å². The highest BCUT2D eigenvalue weighted by Gasteiger charge is 2.27. The fourth-order valence-electron chi connectivity index (χ4n) is 2.63. The molecule has 4 N–H and O–H groups in total. The van der Waals surface area contributed by atoms with Gasteiger partial charge in [0.2, 0.25) is 0 Å². The summed E-state index contributed by atoms with van der Waals surface area (Å²) in [5.41, 5.74) is 12.3. The Morgan fingerprint density at radius 2 is 0.944 bits per heavy atom. The van der Waals surface area contributed by atoms with Gasteiger partial charge >= 0.3 is 0 Å². The van der Waals surface area contributed by atoms with Crippen molar-refractivity contribution in [2.45, 2.75) is 74.0 Å². The maximum absolute atomic E-state index is 6.16. The lowest BCUT2D eigenvalue weighted by molar-refractivity contribution is 0.452.